The van der Waals surface area contributed by atoms with Gasteiger partial charge >= 0.3 is 0 Å². The first kappa shape index (κ1) is 12.9. The summed E-state index contributed by atoms with van der Waals surface area (Å²) in [5.74, 6) is 0.802. The monoisotopic (exact) mass is 255 g/mol. The lowest BCUT2D eigenvalue weighted by Gasteiger charge is -2.22. The maximum Gasteiger partial charge on any atom is 0.123 e. The molecule has 1 heterocycles. The number of rotatable bonds is 5. The molecule has 1 aromatic rings. The van der Waals surface area contributed by atoms with Crippen LogP contribution >= 0.6 is 11.8 Å². The van der Waals surface area contributed by atoms with Gasteiger partial charge in [-0.05, 0) is 43.7 Å². The minimum atomic E-state index is -0.186. The van der Waals surface area contributed by atoms with Crippen molar-refractivity contribution in [3.05, 3.63) is 30.1 Å². The fourth-order valence-electron chi connectivity index (χ4n) is 2.21. The molecule has 1 atom stereocenters. The zero-order valence-corrected chi connectivity index (χ0v) is 10.6. The van der Waals surface area contributed by atoms with Gasteiger partial charge in [-0.15, -0.1) is 11.8 Å². The Kier molecular flexibility index (Phi) is 4.83. The van der Waals surface area contributed by atoms with Gasteiger partial charge in [-0.1, -0.05) is 0 Å². The average Bonchev–Trinajstić information content (AvgIpc) is 2.79. The van der Waals surface area contributed by atoms with Crippen LogP contribution in [-0.2, 0) is 0 Å². The summed E-state index contributed by atoms with van der Waals surface area (Å²) in [4.78, 5) is 3.45. The second-order valence-corrected chi connectivity index (χ2v) is 5.49. The van der Waals surface area contributed by atoms with Crippen molar-refractivity contribution in [1.29, 1.82) is 0 Å². The fraction of sp³-hybridized carbons (Fsp3) is 0.538. The van der Waals surface area contributed by atoms with E-state index in [1.165, 1.54) is 18.6 Å². The van der Waals surface area contributed by atoms with E-state index in [0.29, 0.717) is 6.04 Å². The highest BCUT2D eigenvalue weighted by molar-refractivity contribution is 7.99. The fourth-order valence-corrected chi connectivity index (χ4v) is 3.10. The van der Waals surface area contributed by atoms with Crippen molar-refractivity contribution in [3.63, 3.8) is 0 Å². The third-order valence-corrected chi connectivity index (χ3v) is 4.16. The number of thioether (sulfide) groups is 1. The Hall–Kier alpha value is -0.580. The number of hydrogen-bond donors (Lipinski definition) is 1. The predicted octanol–water partition coefficient (Wildman–Crippen LogP) is 2.37. The Morgan fingerprint density at radius 3 is 2.82 bits per heavy atom. The molecule has 17 heavy (non-hydrogen) atoms. The van der Waals surface area contributed by atoms with Crippen molar-refractivity contribution in [3.8, 4) is 0 Å². The van der Waals surface area contributed by atoms with Gasteiger partial charge in [0, 0.05) is 23.2 Å². The highest BCUT2D eigenvalue weighted by atomic mass is 32.2. The summed E-state index contributed by atoms with van der Waals surface area (Å²) < 4.78 is 12.7. The molecule has 0 unspecified atom stereocenters. The summed E-state index contributed by atoms with van der Waals surface area (Å²) in [6, 6.07) is 6.97. The van der Waals surface area contributed by atoms with E-state index in [4.69, 9.17) is 0 Å². The highest BCUT2D eigenvalue weighted by Gasteiger charge is 2.22. The molecule has 94 valence electrons. The van der Waals surface area contributed by atoms with Crippen LogP contribution in [0.3, 0.4) is 0 Å². The van der Waals surface area contributed by atoms with Crippen LogP contribution < -0.4 is 0 Å². The van der Waals surface area contributed by atoms with Crippen LogP contribution in [0.4, 0.5) is 4.39 Å². The Morgan fingerprint density at radius 2 is 2.12 bits per heavy atom. The lowest BCUT2D eigenvalue weighted by atomic mass is 10.2. The molecule has 0 aromatic heterocycles. The van der Waals surface area contributed by atoms with Crippen LogP contribution in [0.2, 0.25) is 0 Å². The molecule has 1 aliphatic heterocycles. The Labute approximate surface area is 106 Å². The first-order valence-corrected chi connectivity index (χ1v) is 7.01. The second kappa shape index (κ2) is 6.38. The molecule has 0 saturated carbocycles. The van der Waals surface area contributed by atoms with Crippen LogP contribution in [-0.4, -0.2) is 41.5 Å². The van der Waals surface area contributed by atoms with E-state index >= 15 is 0 Å². The number of aliphatic hydroxyl groups is 1. The van der Waals surface area contributed by atoms with Crippen LogP contribution in [0.25, 0.3) is 0 Å². The summed E-state index contributed by atoms with van der Waals surface area (Å²) in [7, 11) is 0. The van der Waals surface area contributed by atoms with Gasteiger partial charge in [-0.3, -0.25) is 4.90 Å². The molecule has 1 N–H and O–H groups in total. The van der Waals surface area contributed by atoms with Crippen molar-refractivity contribution in [2.75, 3.05) is 25.4 Å². The number of halogens is 1. The smallest absolute Gasteiger partial charge is 0.123 e. The third kappa shape index (κ3) is 3.69. The van der Waals surface area contributed by atoms with E-state index < -0.39 is 0 Å². The minimum Gasteiger partial charge on any atom is -0.395 e. The van der Waals surface area contributed by atoms with Crippen molar-refractivity contribution in [2.45, 2.75) is 23.8 Å². The summed E-state index contributed by atoms with van der Waals surface area (Å²) in [6.45, 7) is 2.35. The van der Waals surface area contributed by atoms with E-state index in [0.717, 1.165) is 30.2 Å². The Balaban J connectivity index is 1.74. The highest BCUT2D eigenvalue weighted by Crippen LogP contribution is 2.21. The van der Waals surface area contributed by atoms with E-state index in [1.807, 2.05) is 12.1 Å². The van der Waals surface area contributed by atoms with E-state index in [1.54, 1.807) is 11.8 Å². The van der Waals surface area contributed by atoms with E-state index in [9.17, 15) is 9.50 Å². The van der Waals surface area contributed by atoms with Gasteiger partial charge < -0.3 is 5.11 Å². The molecule has 1 aromatic carbocycles. The zero-order valence-electron chi connectivity index (χ0n) is 9.81. The molecular formula is C13H18FNOS. The maximum atomic E-state index is 12.7. The number of benzene rings is 1. The SMILES string of the molecule is OC[C@H]1CCCN1CCSc1ccc(F)cc1. The van der Waals surface area contributed by atoms with Gasteiger partial charge in [0.25, 0.3) is 0 Å². The first-order chi connectivity index (χ1) is 8.29. The van der Waals surface area contributed by atoms with Gasteiger partial charge in [0.15, 0.2) is 0 Å². The number of likely N-dealkylation sites (tertiary alicyclic amines) is 1. The summed E-state index contributed by atoms with van der Waals surface area (Å²) in [5, 5.41) is 9.19. The summed E-state index contributed by atoms with van der Waals surface area (Å²) in [6.07, 6.45) is 2.30. The molecule has 2 rings (SSSR count). The zero-order chi connectivity index (χ0) is 12.1. The molecule has 0 spiro atoms. The normalized spacial score (nSPS) is 20.9. The maximum absolute atomic E-state index is 12.7. The van der Waals surface area contributed by atoms with Crippen molar-refractivity contribution >= 4 is 11.8 Å². The van der Waals surface area contributed by atoms with Gasteiger partial charge in [0.05, 0.1) is 6.61 Å². The van der Waals surface area contributed by atoms with E-state index in [-0.39, 0.29) is 12.4 Å². The minimum absolute atomic E-state index is 0.186. The van der Waals surface area contributed by atoms with Gasteiger partial charge in [0.2, 0.25) is 0 Å². The topological polar surface area (TPSA) is 23.5 Å². The average molecular weight is 255 g/mol. The van der Waals surface area contributed by atoms with Crippen molar-refractivity contribution in [1.82, 2.24) is 4.90 Å². The standard InChI is InChI=1S/C13H18FNOS/c14-11-3-5-13(6-4-11)17-9-8-15-7-1-2-12(15)10-16/h3-6,12,16H,1-2,7-10H2/t12-/m1/s1. The molecule has 1 fully saturated rings. The summed E-state index contributed by atoms with van der Waals surface area (Å²) in [5.41, 5.74) is 0. The van der Waals surface area contributed by atoms with Crippen molar-refractivity contribution in [2.24, 2.45) is 0 Å². The van der Waals surface area contributed by atoms with Gasteiger partial charge in [-0.25, -0.2) is 4.39 Å². The molecule has 0 radical (unpaired) electrons. The number of hydrogen-bond acceptors (Lipinski definition) is 3. The molecule has 0 amide bonds. The van der Waals surface area contributed by atoms with Gasteiger partial charge in [0.1, 0.15) is 5.82 Å². The molecule has 2 nitrogen and oxygen atoms in total. The van der Waals surface area contributed by atoms with Crippen LogP contribution in [0, 0.1) is 5.82 Å². The lowest BCUT2D eigenvalue weighted by Crippen LogP contribution is -2.33. The number of nitrogens with zero attached hydrogens (tertiary/aromatic N) is 1. The summed E-state index contributed by atoms with van der Waals surface area (Å²) >= 11 is 1.74. The lowest BCUT2D eigenvalue weighted by molar-refractivity contribution is 0.165. The molecule has 4 heteroatoms. The van der Waals surface area contributed by atoms with Crippen LogP contribution in [0.5, 0.6) is 0 Å². The van der Waals surface area contributed by atoms with Crippen LogP contribution in [0.15, 0.2) is 29.2 Å². The number of aliphatic hydroxyl groups excluding tert-OH is 1. The molecular weight excluding hydrogens is 237 g/mol. The molecule has 1 aliphatic rings. The molecule has 0 bridgehead atoms. The predicted molar refractivity (Wildman–Crippen MR) is 68.8 cm³/mol. The third-order valence-electron chi connectivity index (χ3n) is 3.17. The second-order valence-electron chi connectivity index (χ2n) is 4.32. The Bertz CT molecular complexity index is 344. The molecule has 1 saturated heterocycles. The Morgan fingerprint density at radius 1 is 1.35 bits per heavy atom. The van der Waals surface area contributed by atoms with Gasteiger partial charge in [-0.2, -0.15) is 0 Å². The largest absolute Gasteiger partial charge is 0.395 e. The van der Waals surface area contributed by atoms with Crippen LogP contribution in [0.1, 0.15) is 12.8 Å². The molecule has 0 aliphatic carbocycles. The van der Waals surface area contributed by atoms with E-state index in [2.05, 4.69) is 4.90 Å². The first-order valence-electron chi connectivity index (χ1n) is 6.03. The quantitative estimate of drug-likeness (QED) is 0.817. The van der Waals surface area contributed by atoms with Crippen molar-refractivity contribution < 1.29 is 9.50 Å².